The molecular weight excluding hydrogens is 294 g/mol. The molecule has 0 aromatic rings. The Morgan fingerprint density at radius 3 is 1.11 bits per heavy atom. The highest BCUT2D eigenvalue weighted by Crippen LogP contribution is 2.78. The quantitative estimate of drug-likeness (QED) is 0.610. The van der Waals surface area contributed by atoms with Crippen LogP contribution in [0, 0.1) is 10.8 Å². The fourth-order valence-electron chi connectivity index (χ4n) is 3.39. The lowest BCUT2D eigenvalue weighted by atomic mass is 9.76. The van der Waals surface area contributed by atoms with Gasteiger partial charge < -0.3 is 0 Å². The van der Waals surface area contributed by atoms with Gasteiger partial charge in [-0.25, -0.2) is 0 Å². The van der Waals surface area contributed by atoms with Crippen molar-refractivity contribution >= 4 is 37.0 Å². The van der Waals surface area contributed by atoms with Crippen LogP contribution in [0.4, 0.5) is 0 Å². The molecule has 0 aliphatic rings. The summed E-state index contributed by atoms with van der Waals surface area (Å²) >= 11 is 12.0. The van der Waals surface area contributed by atoms with Gasteiger partial charge in [-0.2, -0.15) is 0 Å². The maximum atomic E-state index is 6.28. The third-order valence-electron chi connectivity index (χ3n) is 4.41. The Hall–Kier alpha value is 1.30. The van der Waals surface area contributed by atoms with E-state index in [0.29, 0.717) is 0 Å². The van der Waals surface area contributed by atoms with E-state index >= 15 is 0 Å². The minimum absolute atomic E-state index is 0.0836. The second-order valence-electron chi connectivity index (χ2n) is 8.48. The van der Waals surface area contributed by atoms with Crippen molar-refractivity contribution in [3.8, 4) is 0 Å². The Bertz CT molecular complexity index is 351. The van der Waals surface area contributed by atoms with Crippen molar-refractivity contribution in [2.24, 2.45) is 10.8 Å². The van der Waals surface area contributed by atoms with Crippen LogP contribution >= 0.6 is 13.4 Å². The molecule has 4 heteroatoms. The van der Waals surface area contributed by atoms with E-state index in [4.69, 9.17) is 23.6 Å². The van der Waals surface area contributed by atoms with Crippen LogP contribution < -0.4 is 0 Å². The summed E-state index contributed by atoms with van der Waals surface area (Å²) in [7, 11) is -0.0836. The van der Waals surface area contributed by atoms with E-state index < -0.39 is 6.04 Å². The van der Waals surface area contributed by atoms with E-state index in [0.717, 1.165) is 0 Å². The zero-order valence-electron chi connectivity index (χ0n) is 13.8. The summed E-state index contributed by atoms with van der Waals surface area (Å²) < 4.78 is 0. The van der Waals surface area contributed by atoms with Gasteiger partial charge in [0.2, 0.25) is 0 Å². The third-order valence-corrected chi connectivity index (χ3v) is 18.3. The Labute approximate surface area is 127 Å². The number of hydrogen-bond donors (Lipinski definition) is 0. The molecule has 0 saturated carbocycles. The minimum Gasteiger partial charge on any atom is -0.103 e. The summed E-state index contributed by atoms with van der Waals surface area (Å²) in [6.45, 7) is 23.3. The highest BCUT2D eigenvalue weighted by molar-refractivity contribution is 8.19. The molecule has 0 aliphatic carbocycles. The normalized spacial score (nSPS) is 19.2. The summed E-state index contributed by atoms with van der Waals surface area (Å²) in [6.07, 6.45) is 0. The van der Waals surface area contributed by atoms with E-state index in [-0.39, 0.29) is 28.2 Å². The first-order chi connectivity index (χ1) is 7.56. The van der Waals surface area contributed by atoms with Gasteiger partial charge in [0.25, 0.3) is 0 Å². The molecule has 0 amide bonds. The van der Waals surface area contributed by atoms with Gasteiger partial charge in [-0.15, -0.1) is 11.8 Å². The summed E-state index contributed by atoms with van der Waals surface area (Å²) in [5.74, 6) is 0. The number of hydrogen-bond acceptors (Lipinski definition) is 2. The number of rotatable bonds is 2. The second kappa shape index (κ2) is 5.25. The van der Waals surface area contributed by atoms with Crippen LogP contribution in [-0.2, 0) is 23.6 Å². The third kappa shape index (κ3) is 2.83. The molecule has 0 spiro atoms. The predicted molar refractivity (Wildman–Crippen MR) is 98.7 cm³/mol. The highest BCUT2D eigenvalue weighted by Gasteiger charge is 2.58. The molecular formula is C14H32P2S2. The largest absolute Gasteiger partial charge is 0.103 e. The van der Waals surface area contributed by atoms with Crippen molar-refractivity contribution in [2.45, 2.75) is 72.4 Å². The molecule has 2 unspecified atom stereocenters. The summed E-state index contributed by atoms with van der Waals surface area (Å²) in [5.41, 5.74) is 0.333. The lowest BCUT2D eigenvalue weighted by molar-refractivity contribution is 0.212. The van der Waals surface area contributed by atoms with E-state index in [1.165, 1.54) is 0 Å². The van der Waals surface area contributed by atoms with Gasteiger partial charge in [0.05, 0.1) is 0 Å². The molecule has 110 valence electrons. The van der Waals surface area contributed by atoms with Crippen molar-refractivity contribution in [1.82, 2.24) is 0 Å². The second-order valence-corrected chi connectivity index (χ2v) is 16.9. The average Bonchev–Trinajstić information content (AvgIpc) is 1.96. The maximum Gasteiger partial charge on any atom is 0.0335 e. The van der Waals surface area contributed by atoms with Gasteiger partial charge in [0.1, 0.15) is 0 Å². The summed E-state index contributed by atoms with van der Waals surface area (Å²) in [4.78, 5) is 0.121. The van der Waals surface area contributed by atoms with Gasteiger partial charge in [0, 0.05) is 4.90 Å². The van der Waals surface area contributed by atoms with Crippen LogP contribution in [0.3, 0.4) is 0 Å². The van der Waals surface area contributed by atoms with Crippen molar-refractivity contribution in [2.75, 3.05) is 6.66 Å². The van der Waals surface area contributed by atoms with E-state index in [9.17, 15) is 0 Å². The molecule has 0 heterocycles. The minimum atomic E-state index is -1.59. The molecule has 2 atom stereocenters. The molecule has 0 aromatic carbocycles. The Kier molecular flexibility index (Phi) is 5.63. The molecule has 0 bridgehead atoms. The Morgan fingerprint density at radius 1 is 0.778 bits per heavy atom. The van der Waals surface area contributed by atoms with Crippen LogP contribution in [0.25, 0.3) is 0 Å². The topological polar surface area (TPSA) is 0 Å². The van der Waals surface area contributed by atoms with Crippen LogP contribution in [0.15, 0.2) is 0 Å². The molecule has 0 radical (unpaired) electrons. The van der Waals surface area contributed by atoms with Crippen molar-refractivity contribution < 1.29 is 0 Å². The molecule has 0 saturated heterocycles. The molecule has 0 nitrogen and oxygen atoms in total. The van der Waals surface area contributed by atoms with Gasteiger partial charge in [-0.05, 0) is 28.7 Å². The van der Waals surface area contributed by atoms with Gasteiger partial charge in [-0.3, -0.25) is 0 Å². The van der Waals surface area contributed by atoms with Crippen molar-refractivity contribution in [3.63, 3.8) is 0 Å². The molecule has 0 fully saturated rings. The first kappa shape index (κ1) is 19.3. The molecule has 0 rings (SSSR count). The van der Waals surface area contributed by atoms with Crippen molar-refractivity contribution in [1.29, 1.82) is 0 Å². The summed E-state index contributed by atoms with van der Waals surface area (Å²) in [5, 5.41) is 0.175. The Balaban J connectivity index is 6.47. The monoisotopic (exact) mass is 326 g/mol. The van der Waals surface area contributed by atoms with E-state index in [2.05, 4.69) is 69.0 Å². The lowest BCUT2D eigenvalue weighted by Crippen LogP contribution is -2.51. The zero-order chi connectivity index (χ0) is 15.2. The molecule has 0 aliphatic heterocycles. The molecule has 0 N–H and O–H groups in total. The highest BCUT2D eigenvalue weighted by atomic mass is 32.5. The van der Waals surface area contributed by atoms with Crippen LogP contribution in [0.5, 0.6) is 0 Å². The van der Waals surface area contributed by atoms with Gasteiger partial charge in [0.15, 0.2) is 0 Å². The average molecular weight is 326 g/mol. The summed E-state index contributed by atoms with van der Waals surface area (Å²) in [6, 6.07) is -1.59. The Morgan fingerprint density at radius 2 is 1.06 bits per heavy atom. The van der Waals surface area contributed by atoms with Crippen LogP contribution in [0.2, 0.25) is 0 Å². The lowest BCUT2D eigenvalue weighted by Gasteiger charge is -2.60. The first-order valence-corrected chi connectivity index (χ1v) is 12.3. The first-order valence-electron chi connectivity index (χ1n) is 6.60. The van der Waals surface area contributed by atoms with Gasteiger partial charge >= 0.3 is 0 Å². The van der Waals surface area contributed by atoms with Gasteiger partial charge in [-0.1, -0.05) is 81.5 Å². The van der Waals surface area contributed by atoms with Crippen LogP contribution in [-0.4, -0.2) is 16.7 Å². The predicted octanol–water partition coefficient (Wildman–Crippen LogP) is 5.56. The maximum absolute atomic E-state index is 6.28. The van der Waals surface area contributed by atoms with Crippen LogP contribution in [0.1, 0.15) is 62.3 Å². The fraction of sp³-hybridized carbons (Fsp3) is 1.00. The fourth-order valence-corrected chi connectivity index (χ4v) is 16.4. The zero-order valence-corrected chi connectivity index (χ0v) is 17.5. The smallest absolute Gasteiger partial charge is 0.0335 e. The molecule has 18 heavy (non-hydrogen) atoms. The SMILES string of the molecule is CC(C)(C)C([PH2]=S)(C(C)(C)C)P(C)(=S)C(C)(C)C. The van der Waals surface area contributed by atoms with E-state index in [1.807, 2.05) is 0 Å². The molecule has 0 aromatic heterocycles. The van der Waals surface area contributed by atoms with Crippen molar-refractivity contribution in [3.05, 3.63) is 0 Å². The van der Waals surface area contributed by atoms with E-state index in [1.54, 1.807) is 0 Å². The standard InChI is InChI=1S/C14H32P2S2/c1-11(2,3)14(15-17,12(4,5)6)16(10,18)13(7,8)9/h15H2,1-10H3.